The van der Waals surface area contributed by atoms with Crippen LogP contribution in [0.1, 0.15) is 44.1 Å². The van der Waals surface area contributed by atoms with E-state index in [0.717, 1.165) is 37.2 Å². The molecule has 5 nitrogen and oxygen atoms in total. The summed E-state index contributed by atoms with van der Waals surface area (Å²) in [5, 5.41) is 13.0. The second kappa shape index (κ2) is 7.48. The lowest BCUT2D eigenvalue weighted by Crippen LogP contribution is -2.53. The maximum Gasteiger partial charge on any atom is 0.160 e. The highest BCUT2D eigenvalue weighted by Gasteiger charge is 2.47. The van der Waals surface area contributed by atoms with E-state index in [1.54, 1.807) is 14.2 Å². The van der Waals surface area contributed by atoms with Crippen LogP contribution in [-0.2, 0) is 4.74 Å². The fourth-order valence-electron chi connectivity index (χ4n) is 3.80. The Labute approximate surface area is 150 Å². The Hall–Kier alpha value is -1.01. The fourth-order valence-corrected chi connectivity index (χ4v) is 3.80. The molecule has 0 aromatic heterocycles. The maximum absolute atomic E-state index is 9.51. The SMILES string of the molecule is COc1ccc(C2CCC3(CC2)NC(C)(CO)CO3)cc1OC.Cl. The van der Waals surface area contributed by atoms with Crippen LogP contribution in [0.3, 0.4) is 0 Å². The van der Waals surface area contributed by atoms with Crippen LogP contribution in [0, 0.1) is 0 Å². The molecule has 1 aliphatic heterocycles. The molecule has 1 saturated heterocycles. The van der Waals surface area contributed by atoms with Crippen molar-refractivity contribution in [2.75, 3.05) is 27.4 Å². The highest BCUT2D eigenvalue weighted by molar-refractivity contribution is 5.85. The van der Waals surface area contributed by atoms with E-state index in [9.17, 15) is 5.11 Å². The summed E-state index contributed by atoms with van der Waals surface area (Å²) in [5.74, 6) is 2.06. The van der Waals surface area contributed by atoms with Crippen LogP contribution in [0.25, 0.3) is 0 Å². The third-order valence-electron chi connectivity index (χ3n) is 5.22. The molecule has 136 valence electrons. The average Bonchev–Trinajstić information content (AvgIpc) is 2.92. The zero-order valence-corrected chi connectivity index (χ0v) is 15.4. The first-order chi connectivity index (χ1) is 11.0. The van der Waals surface area contributed by atoms with Crippen LogP contribution in [0.4, 0.5) is 0 Å². The van der Waals surface area contributed by atoms with Crippen molar-refractivity contribution >= 4 is 12.4 Å². The van der Waals surface area contributed by atoms with Crippen molar-refractivity contribution in [2.45, 2.75) is 49.8 Å². The first-order valence-electron chi connectivity index (χ1n) is 8.29. The van der Waals surface area contributed by atoms with Gasteiger partial charge in [0.2, 0.25) is 0 Å². The van der Waals surface area contributed by atoms with Crippen LogP contribution < -0.4 is 14.8 Å². The number of ether oxygens (including phenoxy) is 3. The number of hydrogen-bond donors (Lipinski definition) is 2. The molecule has 24 heavy (non-hydrogen) atoms. The second-order valence-corrected chi connectivity index (χ2v) is 7.02. The molecule has 0 radical (unpaired) electrons. The predicted molar refractivity (Wildman–Crippen MR) is 95.3 cm³/mol. The summed E-state index contributed by atoms with van der Waals surface area (Å²) in [6.07, 6.45) is 4.04. The van der Waals surface area contributed by atoms with Crippen LogP contribution in [0.5, 0.6) is 11.5 Å². The number of halogens is 1. The highest BCUT2D eigenvalue weighted by atomic mass is 35.5. The van der Waals surface area contributed by atoms with Crippen molar-refractivity contribution in [1.29, 1.82) is 0 Å². The molecule has 1 aromatic carbocycles. The van der Waals surface area contributed by atoms with Gasteiger partial charge in [-0.1, -0.05) is 6.07 Å². The van der Waals surface area contributed by atoms with Gasteiger partial charge in [-0.2, -0.15) is 0 Å². The molecule has 6 heteroatoms. The molecule has 0 bridgehead atoms. The van der Waals surface area contributed by atoms with E-state index in [0.29, 0.717) is 12.5 Å². The zero-order valence-electron chi connectivity index (χ0n) is 14.6. The minimum absolute atomic E-state index is 0. The first-order valence-corrected chi connectivity index (χ1v) is 8.29. The van der Waals surface area contributed by atoms with Crippen molar-refractivity contribution in [3.63, 3.8) is 0 Å². The first kappa shape index (κ1) is 19.3. The molecule has 1 aromatic rings. The van der Waals surface area contributed by atoms with Gasteiger partial charge in [-0.05, 0) is 56.2 Å². The predicted octanol–water partition coefficient (Wildman–Crippen LogP) is 2.85. The Morgan fingerprint density at radius 3 is 2.42 bits per heavy atom. The van der Waals surface area contributed by atoms with Gasteiger partial charge in [0, 0.05) is 0 Å². The lowest BCUT2D eigenvalue weighted by molar-refractivity contribution is -0.0421. The summed E-state index contributed by atoms with van der Waals surface area (Å²) < 4.78 is 16.8. The summed E-state index contributed by atoms with van der Waals surface area (Å²) in [6, 6.07) is 6.19. The lowest BCUT2D eigenvalue weighted by atomic mass is 9.79. The van der Waals surface area contributed by atoms with Crippen molar-refractivity contribution in [3.8, 4) is 11.5 Å². The van der Waals surface area contributed by atoms with Crippen molar-refractivity contribution in [1.82, 2.24) is 5.32 Å². The minimum Gasteiger partial charge on any atom is -0.493 e. The monoisotopic (exact) mass is 357 g/mol. The number of aliphatic hydroxyl groups is 1. The van der Waals surface area contributed by atoms with Gasteiger partial charge >= 0.3 is 0 Å². The molecular weight excluding hydrogens is 330 g/mol. The lowest BCUT2D eigenvalue weighted by Gasteiger charge is -2.38. The number of rotatable bonds is 4. The summed E-state index contributed by atoms with van der Waals surface area (Å²) in [5.41, 5.74) is 0.723. The van der Waals surface area contributed by atoms with E-state index >= 15 is 0 Å². The number of nitrogens with one attached hydrogen (secondary N) is 1. The minimum atomic E-state index is -0.309. The number of aliphatic hydroxyl groups excluding tert-OH is 1. The summed E-state index contributed by atoms with van der Waals surface area (Å²) in [4.78, 5) is 0. The van der Waals surface area contributed by atoms with Crippen molar-refractivity contribution < 1.29 is 19.3 Å². The molecule has 2 N–H and O–H groups in total. The standard InChI is InChI=1S/C18H27NO4.ClH/c1-17(11-20)12-23-18(19-17)8-6-13(7-9-18)14-4-5-15(21-2)16(10-14)22-3;/h4-5,10,13,19-20H,6-9,11-12H2,1-3H3;1H. The Kier molecular flexibility index (Phi) is 6.02. The van der Waals surface area contributed by atoms with Crippen molar-refractivity contribution in [3.05, 3.63) is 23.8 Å². The highest BCUT2D eigenvalue weighted by Crippen LogP contribution is 2.43. The van der Waals surface area contributed by atoms with Gasteiger partial charge in [0.1, 0.15) is 5.72 Å². The van der Waals surface area contributed by atoms with Crippen LogP contribution in [0.15, 0.2) is 18.2 Å². The van der Waals surface area contributed by atoms with E-state index in [4.69, 9.17) is 14.2 Å². The van der Waals surface area contributed by atoms with Gasteiger partial charge in [-0.15, -0.1) is 12.4 Å². The number of benzene rings is 1. The summed E-state index contributed by atoms with van der Waals surface area (Å²) >= 11 is 0. The molecular formula is C18H28ClNO4. The topological polar surface area (TPSA) is 60.0 Å². The van der Waals surface area contributed by atoms with Gasteiger partial charge in [-0.3, -0.25) is 5.32 Å². The van der Waals surface area contributed by atoms with Gasteiger partial charge in [0.05, 0.1) is 33.0 Å². The van der Waals surface area contributed by atoms with Crippen molar-refractivity contribution in [2.24, 2.45) is 0 Å². The third kappa shape index (κ3) is 3.64. The van der Waals surface area contributed by atoms with Gasteiger partial charge in [0.15, 0.2) is 11.5 Å². The third-order valence-corrected chi connectivity index (χ3v) is 5.22. The molecule has 2 aliphatic rings. The van der Waals surface area contributed by atoms with Gasteiger partial charge < -0.3 is 19.3 Å². The molecule has 2 fully saturated rings. The molecule has 0 amide bonds. The maximum atomic E-state index is 9.51. The summed E-state index contributed by atoms with van der Waals surface area (Å²) in [7, 11) is 3.33. The Bertz CT molecular complexity index is 560. The Morgan fingerprint density at radius 2 is 1.88 bits per heavy atom. The van der Waals surface area contributed by atoms with E-state index in [1.165, 1.54) is 5.56 Å². The van der Waals surface area contributed by atoms with E-state index < -0.39 is 0 Å². The molecule has 1 heterocycles. The van der Waals surface area contributed by atoms with Crippen LogP contribution in [0.2, 0.25) is 0 Å². The average molecular weight is 358 g/mol. The molecule has 1 aliphatic carbocycles. The van der Waals surface area contributed by atoms with Gasteiger partial charge in [0.25, 0.3) is 0 Å². The quantitative estimate of drug-likeness (QED) is 0.867. The largest absolute Gasteiger partial charge is 0.493 e. The smallest absolute Gasteiger partial charge is 0.160 e. The summed E-state index contributed by atoms with van der Waals surface area (Å²) in [6.45, 7) is 2.69. The zero-order chi connectivity index (χ0) is 16.5. The Morgan fingerprint density at radius 1 is 1.21 bits per heavy atom. The molecule has 1 spiro atoms. The fraction of sp³-hybridized carbons (Fsp3) is 0.667. The van der Waals surface area contributed by atoms with E-state index in [1.807, 2.05) is 13.0 Å². The molecule has 3 rings (SSSR count). The van der Waals surface area contributed by atoms with E-state index in [2.05, 4.69) is 17.4 Å². The van der Waals surface area contributed by atoms with Crippen LogP contribution in [-0.4, -0.2) is 43.8 Å². The second-order valence-electron chi connectivity index (χ2n) is 7.02. The normalized spacial score (nSPS) is 32.4. The molecule has 1 atom stereocenters. The van der Waals surface area contributed by atoms with E-state index in [-0.39, 0.29) is 30.3 Å². The number of hydrogen-bond acceptors (Lipinski definition) is 5. The van der Waals surface area contributed by atoms with Gasteiger partial charge in [-0.25, -0.2) is 0 Å². The van der Waals surface area contributed by atoms with Crippen LogP contribution >= 0.6 is 12.4 Å². The Balaban J connectivity index is 0.00000208. The number of methoxy groups -OCH3 is 2. The molecule has 1 saturated carbocycles. The molecule has 1 unspecified atom stereocenters.